The second-order valence-electron chi connectivity index (χ2n) is 7.57. The smallest absolute Gasteiger partial charge is 0.0328 e. The molecule has 0 heteroatoms. The SMILES string of the molecule is [CH2]C(C)(C)C(C)CCCCCCCCCCCCCC. The van der Waals surface area contributed by atoms with Crippen molar-refractivity contribution in [2.75, 3.05) is 0 Å². The normalized spacial score (nSPS) is 13.7. The molecule has 0 rings (SSSR count). The third-order valence-electron chi connectivity index (χ3n) is 4.82. The van der Waals surface area contributed by atoms with Gasteiger partial charge in [0.15, 0.2) is 0 Å². The molecule has 0 nitrogen and oxygen atoms in total. The Bertz CT molecular complexity index is 187. The highest BCUT2D eigenvalue weighted by Crippen LogP contribution is 2.29. The standard InChI is InChI=1S/C20H41/c1-6-7-8-9-10-11-12-13-14-15-16-17-18-19(2)20(3,4)5/h19H,3,6-18H2,1-2,4-5H3. The predicted octanol–water partition coefficient (Wildman–Crippen LogP) is 7.57. The van der Waals surface area contributed by atoms with Crippen LogP contribution in [-0.4, -0.2) is 0 Å². The van der Waals surface area contributed by atoms with E-state index in [2.05, 4.69) is 34.6 Å². The first kappa shape index (κ1) is 20.0. The summed E-state index contributed by atoms with van der Waals surface area (Å²) < 4.78 is 0. The van der Waals surface area contributed by atoms with E-state index < -0.39 is 0 Å². The molecule has 0 spiro atoms. The van der Waals surface area contributed by atoms with E-state index in [-0.39, 0.29) is 5.41 Å². The molecule has 0 saturated carbocycles. The van der Waals surface area contributed by atoms with Crippen molar-refractivity contribution < 1.29 is 0 Å². The number of hydrogen-bond acceptors (Lipinski definition) is 0. The monoisotopic (exact) mass is 281 g/mol. The molecule has 0 aromatic carbocycles. The Balaban J connectivity index is 3.14. The molecule has 1 radical (unpaired) electrons. The van der Waals surface area contributed by atoms with Crippen LogP contribution >= 0.6 is 0 Å². The van der Waals surface area contributed by atoms with E-state index in [1.165, 1.54) is 83.5 Å². The first-order valence-electron chi connectivity index (χ1n) is 9.33. The summed E-state index contributed by atoms with van der Waals surface area (Å²) in [5.41, 5.74) is 0.248. The van der Waals surface area contributed by atoms with E-state index in [0.717, 1.165) is 5.92 Å². The quantitative estimate of drug-likeness (QED) is 0.288. The molecule has 0 amide bonds. The summed E-state index contributed by atoms with van der Waals surface area (Å²) in [6.45, 7) is 13.4. The maximum Gasteiger partial charge on any atom is -0.0328 e. The van der Waals surface area contributed by atoms with Gasteiger partial charge in [0, 0.05) is 0 Å². The predicted molar refractivity (Wildman–Crippen MR) is 94.0 cm³/mol. The van der Waals surface area contributed by atoms with Crippen LogP contribution in [0.5, 0.6) is 0 Å². The third-order valence-corrected chi connectivity index (χ3v) is 4.82. The van der Waals surface area contributed by atoms with Gasteiger partial charge in [0.2, 0.25) is 0 Å². The minimum atomic E-state index is 0.248. The second-order valence-corrected chi connectivity index (χ2v) is 7.57. The lowest BCUT2D eigenvalue weighted by atomic mass is 9.79. The van der Waals surface area contributed by atoms with Crippen LogP contribution in [0, 0.1) is 18.3 Å². The highest BCUT2D eigenvalue weighted by atomic mass is 14.2. The Kier molecular flexibility index (Phi) is 12.7. The van der Waals surface area contributed by atoms with Crippen molar-refractivity contribution in [3.63, 3.8) is 0 Å². The lowest BCUT2D eigenvalue weighted by molar-refractivity contribution is 0.277. The summed E-state index contributed by atoms with van der Waals surface area (Å²) in [5.74, 6) is 0.755. The summed E-state index contributed by atoms with van der Waals surface area (Å²) in [4.78, 5) is 0. The van der Waals surface area contributed by atoms with Crippen LogP contribution in [0.3, 0.4) is 0 Å². The van der Waals surface area contributed by atoms with Gasteiger partial charge in [-0.2, -0.15) is 0 Å². The summed E-state index contributed by atoms with van der Waals surface area (Å²) in [7, 11) is 0. The first-order chi connectivity index (χ1) is 9.48. The van der Waals surface area contributed by atoms with Crippen molar-refractivity contribution in [3.05, 3.63) is 6.92 Å². The molecule has 0 aliphatic rings. The summed E-state index contributed by atoms with van der Waals surface area (Å²) in [6, 6.07) is 0. The molecule has 0 aromatic heterocycles. The highest BCUT2D eigenvalue weighted by Gasteiger charge is 2.18. The van der Waals surface area contributed by atoms with Crippen LogP contribution in [0.25, 0.3) is 0 Å². The Morgan fingerprint density at radius 3 is 1.40 bits per heavy atom. The largest absolute Gasteiger partial charge is 0.0654 e. The lowest BCUT2D eigenvalue weighted by Gasteiger charge is -2.26. The van der Waals surface area contributed by atoms with Crippen molar-refractivity contribution in [3.8, 4) is 0 Å². The molecule has 0 saturated heterocycles. The molecule has 121 valence electrons. The molecule has 1 atom stereocenters. The number of unbranched alkanes of at least 4 members (excludes halogenated alkanes) is 11. The summed E-state index contributed by atoms with van der Waals surface area (Å²) >= 11 is 0. The van der Waals surface area contributed by atoms with Crippen molar-refractivity contribution in [2.24, 2.45) is 11.3 Å². The molecule has 0 bridgehead atoms. The first-order valence-corrected chi connectivity index (χ1v) is 9.33. The van der Waals surface area contributed by atoms with Crippen LogP contribution in [-0.2, 0) is 0 Å². The zero-order valence-corrected chi connectivity index (χ0v) is 15.0. The van der Waals surface area contributed by atoms with E-state index in [1.54, 1.807) is 0 Å². The van der Waals surface area contributed by atoms with Crippen LogP contribution < -0.4 is 0 Å². The van der Waals surface area contributed by atoms with Crippen molar-refractivity contribution in [2.45, 2.75) is 111 Å². The van der Waals surface area contributed by atoms with E-state index in [4.69, 9.17) is 0 Å². The van der Waals surface area contributed by atoms with Gasteiger partial charge in [-0.1, -0.05) is 111 Å². The van der Waals surface area contributed by atoms with Crippen molar-refractivity contribution in [1.29, 1.82) is 0 Å². The average Bonchev–Trinajstić information content (AvgIpc) is 2.38. The molecular formula is C20H41. The van der Waals surface area contributed by atoms with Gasteiger partial charge in [0.25, 0.3) is 0 Å². The van der Waals surface area contributed by atoms with Crippen molar-refractivity contribution in [1.82, 2.24) is 0 Å². The van der Waals surface area contributed by atoms with Crippen LogP contribution in [0.2, 0.25) is 0 Å². The fourth-order valence-corrected chi connectivity index (χ4v) is 2.68. The third kappa shape index (κ3) is 13.0. The fraction of sp³-hybridized carbons (Fsp3) is 0.950. The summed E-state index contributed by atoms with van der Waals surface area (Å²) in [5, 5.41) is 0. The zero-order valence-electron chi connectivity index (χ0n) is 15.0. The molecule has 0 aromatic rings. The van der Waals surface area contributed by atoms with Crippen LogP contribution in [0.1, 0.15) is 111 Å². The minimum absolute atomic E-state index is 0.248. The molecule has 0 aliphatic carbocycles. The average molecular weight is 282 g/mol. The van der Waals surface area contributed by atoms with E-state index in [9.17, 15) is 0 Å². The Hall–Kier alpha value is 0. The molecule has 0 aliphatic heterocycles. The molecule has 1 unspecified atom stereocenters. The topological polar surface area (TPSA) is 0 Å². The van der Waals surface area contributed by atoms with Crippen LogP contribution in [0.15, 0.2) is 0 Å². The Labute approximate surface area is 130 Å². The zero-order chi connectivity index (χ0) is 15.3. The van der Waals surface area contributed by atoms with Gasteiger partial charge in [-0.25, -0.2) is 0 Å². The Morgan fingerprint density at radius 2 is 1.05 bits per heavy atom. The van der Waals surface area contributed by atoms with Gasteiger partial charge in [-0.15, -0.1) is 0 Å². The maximum absolute atomic E-state index is 4.25. The van der Waals surface area contributed by atoms with Crippen LogP contribution in [0.4, 0.5) is 0 Å². The minimum Gasteiger partial charge on any atom is -0.0654 e. The maximum atomic E-state index is 4.25. The van der Waals surface area contributed by atoms with Gasteiger partial charge in [-0.05, 0) is 18.3 Å². The van der Waals surface area contributed by atoms with Crippen molar-refractivity contribution >= 4 is 0 Å². The Morgan fingerprint density at radius 1 is 0.700 bits per heavy atom. The summed E-state index contributed by atoms with van der Waals surface area (Å²) in [6.07, 6.45) is 18.7. The van der Waals surface area contributed by atoms with E-state index in [0.29, 0.717) is 0 Å². The van der Waals surface area contributed by atoms with Gasteiger partial charge >= 0.3 is 0 Å². The van der Waals surface area contributed by atoms with Gasteiger partial charge in [0.1, 0.15) is 0 Å². The molecule has 0 heterocycles. The van der Waals surface area contributed by atoms with E-state index in [1.807, 2.05) is 0 Å². The van der Waals surface area contributed by atoms with Gasteiger partial charge in [-0.3, -0.25) is 0 Å². The molecular weight excluding hydrogens is 240 g/mol. The second kappa shape index (κ2) is 12.7. The van der Waals surface area contributed by atoms with E-state index >= 15 is 0 Å². The van der Waals surface area contributed by atoms with Gasteiger partial charge in [0.05, 0.1) is 0 Å². The molecule has 0 N–H and O–H groups in total. The fourth-order valence-electron chi connectivity index (χ4n) is 2.68. The number of hydrogen-bond donors (Lipinski definition) is 0. The molecule has 20 heavy (non-hydrogen) atoms. The number of rotatable bonds is 14. The highest BCUT2D eigenvalue weighted by molar-refractivity contribution is 4.77. The van der Waals surface area contributed by atoms with Gasteiger partial charge < -0.3 is 0 Å². The molecule has 0 fully saturated rings. The lowest BCUT2D eigenvalue weighted by Crippen LogP contribution is -2.17.